The van der Waals surface area contributed by atoms with Crippen molar-refractivity contribution in [1.82, 2.24) is 4.98 Å². The van der Waals surface area contributed by atoms with E-state index in [1.165, 1.54) is 0 Å². The van der Waals surface area contributed by atoms with Gasteiger partial charge in [0, 0.05) is 27.9 Å². The molecule has 1 nitrogen and oxygen atoms in total. The third-order valence-corrected chi connectivity index (χ3v) is 0.897. The molecule has 0 radical (unpaired) electrons. The van der Waals surface area contributed by atoms with Crippen molar-refractivity contribution in [2.24, 2.45) is 0 Å². The zero-order chi connectivity index (χ0) is 5.82. The molecular weight excluding hydrogens is 146 g/mol. The van der Waals surface area contributed by atoms with Gasteiger partial charge in [-0.15, -0.1) is 0 Å². The van der Waals surface area contributed by atoms with Gasteiger partial charge in [-0.3, -0.25) is 4.98 Å². The van der Waals surface area contributed by atoms with Crippen molar-refractivity contribution >= 4 is 6.08 Å². The van der Waals surface area contributed by atoms with Gasteiger partial charge in [-0.1, -0.05) is 12.6 Å². The Morgan fingerprint density at radius 2 is 2.22 bits per heavy atom. The Hall–Kier alpha value is -0.396. The van der Waals surface area contributed by atoms with Crippen molar-refractivity contribution in [3.8, 4) is 0 Å². The molecule has 1 rings (SSSR count). The number of hydrogen-bond donors (Lipinski definition) is 0. The van der Waals surface area contributed by atoms with Gasteiger partial charge in [-0.2, -0.15) is 0 Å². The number of nitrogens with zero attached hydrogens (tertiary/aromatic N) is 1. The van der Waals surface area contributed by atoms with Crippen LogP contribution >= 0.6 is 0 Å². The van der Waals surface area contributed by atoms with E-state index >= 15 is 0 Å². The van der Waals surface area contributed by atoms with Crippen molar-refractivity contribution in [1.29, 1.82) is 0 Å². The fraction of sp³-hybridized carbons (Fsp3) is 0. The molecule has 0 amide bonds. The first-order valence-electron chi connectivity index (χ1n) is 2.47. The van der Waals surface area contributed by atoms with Gasteiger partial charge in [0.25, 0.3) is 0 Å². The standard InChI is InChI=1S/C7H7N.Ti/c1-2-7-5-3-4-6-8-7;/h2-6H,1H2;. The summed E-state index contributed by atoms with van der Waals surface area (Å²) in [6.07, 6.45) is 3.47. The number of rotatable bonds is 1. The molecule has 0 aliphatic heterocycles. The smallest absolute Gasteiger partial charge is 0.0623 e. The van der Waals surface area contributed by atoms with Crippen LogP contribution in [-0.4, -0.2) is 4.98 Å². The molecule has 0 N–H and O–H groups in total. The zero-order valence-corrected chi connectivity index (χ0v) is 6.60. The molecule has 0 atom stereocenters. The van der Waals surface area contributed by atoms with Crippen molar-refractivity contribution in [2.45, 2.75) is 0 Å². The Bertz CT molecular complexity index is 172. The third kappa shape index (κ3) is 2.59. The van der Waals surface area contributed by atoms with Gasteiger partial charge < -0.3 is 0 Å². The zero-order valence-electron chi connectivity index (χ0n) is 5.04. The number of pyridine rings is 1. The molecule has 0 aliphatic carbocycles. The van der Waals surface area contributed by atoms with Crippen molar-refractivity contribution in [3.05, 3.63) is 36.7 Å². The monoisotopic (exact) mass is 153 g/mol. The van der Waals surface area contributed by atoms with Gasteiger partial charge in [-0.05, 0) is 18.2 Å². The Kier molecular flexibility index (Phi) is 4.28. The first kappa shape index (κ1) is 8.60. The van der Waals surface area contributed by atoms with Crippen LogP contribution in [0.4, 0.5) is 0 Å². The minimum Gasteiger partial charge on any atom is -0.257 e. The van der Waals surface area contributed by atoms with Crippen LogP contribution in [0.2, 0.25) is 0 Å². The van der Waals surface area contributed by atoms with E-state index < -0.39 is 0 Å². The molecule has 0 fully saturated rings. The summed E-state index contributed by atoms with van der Waals surface area (Å²) >= 11 is 0. The Labute approximate surface area is 69.7 Å². The first-order valence-corrected chi connectivity index (χ1v) is 2.47. The van der Waals surface area contributed by atoms with Gasteiger partial charge in [0.05, 0.1) is 5.69 Å². The third-order valence-electron chi connectivity index (χ3n) is 0.897. The topological polar surface area (TPSA) is 12.9 Å². The number of aromatic nitrogens is 1. The van der Waals surface area contributed by atoms with E-state index in [1.54, 1.807) is 12.3 Å². The van der Waals surface area contributed by atoms with E-state index in [0.717, 1.165) is 5.69 Å². The summed E-state index contributed by atoms with van der Waals surface area (Å²) in [4.78, 5) is 3.98. The van der Waals surface area contributed by atoms with Crippen molar-refractivity contribution in [2.75, 3.05) is 0 Å². The van der Waals surface area contributed by atoms with E-state index in [-0.39, 0.29) is 21.7 Å². The van der Waals surface area contributed by atoms with Crippen LogP contribution in [0.5, 0.6) is 0 Å². The van der Waals surface area contributed by atoms with Crippen molar-refractivity contribution in [3.63, 3.8) is 0 Å². The molecule has 9 heavy (non-hydrogen) atoms. The molecule has 1 aromatic rings. The molecule has 44 valence electrons. The maximum atomic E-state index is 3.98. The first-order chi connectivity index (χ1) is 3.93. The van der Waals surface area contributed by atoms with Crippen LogP contribution in [0, 0.1) is 0 Å². The van der Waals surface area contributed by atoms with Crippen LogP contribution in [0.25, 0.3) is 6.08 Å². The molecule has 2 heteroatoms. The van der Waals surface area contributed by atoms with Crippen LogP contribution in [-0.2, 0) is 21.7 Å². The molecule has 0 spiro atoms. The van der Waals surface area contributed by atoms with E-state index in [2.05, 4.69) is 11.6 Å². The fourth-order valence-electron chi connectivity index (χ4n) is 0.497. The van der Waals surface area contributed by atoms with Crippen LogP contribution < -0.4 is 0 Å². The molecule has 0 saturated carbocycles. The summed E-state index contributed by atoms with van der Waals surface area (Å²) in [5.74, 6) is 0. The van der Waals surface area contributed by atoms with Gasteiger partial charge in [0.1, 0.15) is 0 Å². The molecule has 0 aliphatic rings. The second-order valence-electron chi connectivity index (χ2n) is 1.46. The SMILES string of the molecule is C=Cc1ccccn1.[Ti]. The normalized spacial score (nSPS) is 7.56. The van der Waals surface area contributed by atoms with Crippen LogP contribution in [0.3, 0.4) is 0 Å². The average molecular weight is 153 g/mol. The predicted octanol–water partition coefficient (Wildman–Crippen LogP) is 1.72. The average Bonchev–Trinajstić information content (AvgIpc) is 1.90. The second-order valence-corrected chi connectivity index (χ2v) is 1.46. The summed E-state index contributed by atoms with van der Waals surface area (Å²) in [7, 11) is 0. The van der Waals surface area contributed by atoms with Gasteiger partial charge >= 0.3 is 0 Å². The van der Waals surface area contributed by atoms with E-state index in [9.17, 15) is 0 Å². The Balaban J connectivity index is 0.000000640. The summed E-state index contributed by atoms with van der Waals surface area (Å²) in [6.45, 7) is 3.57. The van der Waals surface area contributed by atoms with Gasteiger partial charge in [-0.25, -0.2) is 0 Å². The largest absolute Gasteiger partial charge is 0.257 e. The Morgan fingerprint density at radius 1 is 1.44 bits per heavy atom. The molecule has 1 aromatic heterocycles. The maximum absolute atomic E-state index is 3.98. The van der Waals surface area contributed by atoms with E-state index in [1.807, 2.05) is 18.2 Å². The fourth-order valence-corrected chi connectivity index (χ4v) is 0.497. The van der Waals surface area contributed by atoms with Crippen LogP contribution in [0.1, 0.15) is 5.69 Å². The van der Waals surface area contributed by atoms with Gasteiger partial charge in [0.2, 0.25) is 0 Å². The molecule has 0 bridgehead atoms. The summed E-state index contributed by atoms with van der Waals surface area (Å²) in [5.41, 5.74) is 0.924. The summed E-state index contributed by atoms with van der Waals surface area (Å²) < 4.78 is 0. The minimum atomic E-state index is 0. The molecule has 0 unspecified atom stereocenters. The second kappa shape index (κ2) is 4.48. The predicted molar refractivity (Wildman–Crippen MR) is 34.3 cm³/mol. The molecule has 0 aromatic carbocycles. The van der Waals surface area contributed by atoms with E-state index in [0.29, 0.717) is 0 Å². The van der Waals surface area contributed by atoms with Crippen LogP contribution in [0.15, 0.2) is 31.0 Å². The molecule has 1 heterocycles. The minimum absolute atomic E-state index is 0. The molecule has 0 saturated heterocycles. The quantitative estimate of drug-likeness (QED) is 0.559. The Morgan fingerprint density at radius 3 is 2.56 bits per heavy atom. The van der Waals surface area contributed by atoms with Gasteiger partial charge in [0.15, 0.2) is 0 Å². The van der Waals surface area contributed by atoms with E-state index in [4.69, 9.17) is 0 Å². The summed E-state index contributed by atoms with van der Waals surface area (Å²) in [6, 6.07) is 5.73. The summed E-state index contributed by atoms with van der Waals surface area (Å²) in [5, 5.41) is 0. The maximum Gasteiger partial charge on any atom is 0.0623 e. The van der Waals surface area contributed by atoms with Crippen molar-refractivity contribution < 1.29 is 21.7 Å². The number of hydrogen-bond acceptors (Lipinski definition) is 1. The molecular formula is C7H7NTi.